The standard InChI is InChI=1S/C18H22N2O3/c1-13-4-5-14(19)12-17(13)18(21)20-10-3-11-23-16-8-6-15(22-2)7-9-16/h4-9,12H,3,10-11,19H2,1-2H3,(H,20,21). The minimum atomic E-state index is -0.112. The van der Waals surface area contributed by atoms with Gasteiger partial charge in [0, 0.05) is 17.8 Å². The van der Waals surface area contributed by atoms with Crippen molar-refractivity contribution in [2.24, 2.45) is 0 Å². The van der Waals surface area contributed by atoms with Crippen LogP contribution in [0.4, 0.5) is 5.69 Å². The number of anilines is 1. The second-order valence-electron chi connectivity index (χ2n) is 5.21. The Kier molecular flexibility index (Phi) is 5.86. The van der Waals surface area contributed by atoms with Crippen molar-refractivity contribution in [2.45, 2.75) is 13.3 Å². The Bertz CT molecular complexity index is 654. The molecular formula is C18H22N2O3. The van der Waals surface area contributed by atoms with E-state index < -0.39 is 0 Å². The van der Waals surface area contributed by atoms with Gasteiger partial charge in [0.15, 0.2) is 0 Å². The van der Waals surface area contributed by atoms with Gasteiger partial charge in [0.25, 0.3) is 5.91 Å². The SMILES string of the molecule is COc1ccc(OCCCNC(=O)c2cc(N)ccc2C)cc1. The fraction of sp³-hybridized carbons (Fsp3) is 0.278. The van der Waals surface area contributed by atoms with E-state index in [-0.39, 0.29) is 5.91 Å². The maximum atomic E-state index is 12.1. The molecule has 0 aliphatic heterocycles. The van der Waals surface area contributed by atoms with Crippen LogP contribution in [0.25, 0.3) is 0 Å². The summed E-state index contributed by atoms with van der Waals surface area (Å²) in [7, 11) is 1.63. The summed E-state index contributed by atoms with van der Waals surface area (Å²) in [6, 6.07) is 12.7. The molecule has 0 unspecified atom stereocenters. The number of amides is 1. The Labute approximate surface area is 136 Å². The second-order valence-corrected chi connectivity index (χ2v) is 5.21. The number of hydrogen-bond acceptors (Lipinski definition) is 4. The predicted molar refractivity (Wildman–Crippen MR) is 91.0 cm³/mol. The molecule has 0 aromatic heterocycles. The summed E-state index contributed by atoms with van der Waals surface area (Å²) < 4.78 is 10.7. The van der Waals surface area contributed by atoms with Gasteiger partial charge in [0.1, 0.15) is 11.5 Å². The van der Waals surface area contributed by atoms with Crippen LogP contribution in [-0.4, -0.2) is 26.2 Å². The molecule has 0 heterocycles. The number of carbonyl (C=O) groups is 1. The Morgan fingerprint density at radius 2 is 1.83 bits per heavy atom. The summed E-state index contributed by atoms with van der Waals surface area (Å²) in [5.74, 6) is 1.46. The molecule has 5 heteroatoms. The summed E-state index contributed by atoms with van der Waals surface area (Å²) in [6.07, 6.45) is 0.721. The molecule has 0 bridgehead atoms. The van der Waals surface area contributed by atoms with Gasteiger partial charge < -0.3 is 20.5 Å². The number of benzene rings is 2. The van der Waals surface area contributed by atoms with Gasteiger partial charge in [-0.15, -0.1) is 0 Å². The van der Waals surface area contributed by atoms with Gasteiger partial charge in [0.2, 0.25) is 0 Å². The van der Waals surface area contributed by atoms with E-state index in [1.165, 1.54) is 0 Å². The highest BCUT2D eigenvalue weighted by Gasteiger charge is 2.08. The van der Waals surface area contributed by atoms with Crippen LogP contribution in [0.2, 0.25) is 0 Å². The number of nitrogens with two attached hydrogens (primary N) is 1. The predicted octanol–water partition coefficient (Wildman–Crippen LogP) is 2.78. The van der Waals surface area contributed by atoms with E-state index in [4.69, 9.17) is 15.2 Å². The highest BCUT2D eigenvalue weighted by Crippen LogP contribution is 2.17. The average Bonchev–Trinajstić information content (AvgIpc) is 2.57. The van der Waals surface area contributed by atoms with Gasteiger partial charge in [-0.3, -0.25) is 4.79 Å². The first-order valence-electron chi connectivity index (χ1n) is 7.51. The fourth-order valence-electron chi connectivity index (χ4n) is 2.12. The molecule has 122 valence electrons. The first-order valence-corrected chi connectivity index (χ1v) is 7.51. The largest absolute Gasteiger partial charge is 0.497 e. The van der Waals surface area contributed by atoms with E-state index in [0.717, 1.165) is 23.5 Å². The average molecular weight is 314 g/mol. The topological polar surface area (TPSA) is 73.6 Å². The van der Waals surface area contributed by atoms with Crippen LogP contribution in [-0.2, 0) is 0 Å². The zero-order chi connectivity index (χ0) is 16.7. The molecule has 2 rings (SSSR count). The van der Waals surface area contributed by atoms with E-state index in [1.54, 1.807) is 19.2 Å². The molecule has 3 N–H and O–H groups in total. The van der Waals surface area contributed by atoms with Gasteiger partial charge in [-0.2, -0.15) is 0 Å². The zero-order valence-electron chi connectivity index (χ0n) is 13.5. The van der Waals surface area contributed by atoms with Gasteiger partial charge >= 0.3 is 0 Å². The number of nitrogens with one attached hydrogen (secondary N) is 1. The Hall–Kier alpha value is -2.69. The quantitative estimate of drug-likeness (QED) is 0.609. The third kappa shape index (κ3) is 4.92. The Morgan fingerprint density at radius 3 is 2.52 bits per heavy atom. The number of nitrogen functional groups attached to an aromatic ring is 1. The van der Waals surface area contributed by atoms with Crippen molar-refractivity contribution in [1.29, 1.82) is 0 Å². The molecule has 1 amide bonds. The molecule has 2 aromatic carbocycles. The number of methoxy groups -OCH3 is 1. The van der Waals surface area contributed by atoms with E-state index >= 15 is 0 Å². The van der Waals surface area contributed by atoms with Crippen molar-refractivity contribution in [3.63, 3.8) is 0 Å². The number of rotatable bonds is 7. The maximum absolute atomic E-state index is 12.1. The van der Waals surface area contributed by atoms with Crippen molar-refractivity contribution >= 4 is 11.6 Å². The highest BCUT2D eigenvalue weighted by molar-refractivity contribution is 5.96. The molecule has 0 saturated carbocycles. The lowest BCUT2D eigenvalue weighted by molar-refractivity contribution is 0.0951. The van der Waals surface area contributed by atoms with Crippen molar-refractivity contribution < 1.29 is 14.3 Å². The minimum absolute atomic E-state index is 0.112. The molecule has 0 atom stereocenters. The monoisotopic (exact) mass is 314 g/mol. The molecule has 0 aliphatic carbocycles. The first-order chi connectivity index (χ1) is 11.1. The summed E-state index contributed by atoms with van der Waals surface area (Å²) in [5.41, 5.74) is 7.83. The number of hydrogen-bond donors (Lipinski definition) is 2. The molecule has 0 spiro atoms. The van der Waals surface area contributed by atoms with E-state index in [2.05, 4.69) is 5.32 Å². The smallest absolute Gasteiger partial charge is 0.251 e. The summed E-state index contributed by atoms with van der Waals surface area (Å²) in [6.45, 7) is 2.97. The summed E-state index contributed by atoms with van der Waals surface area (Å²) >= 11 is 0. The summed E-state index contributed by atoms with van der Waals surface area (Å²) in [4.78, 5) is 12.1. The van der Waals surface area contributed by atoms with Crippen LogP contribution in [0.1, 0.15) is 22.3 Å². The fourth-order valence-corrected chi connectivity index (χ4v) is 2.12. The van der Waals surface area contributed by atoms with Crippen molar-refractivity contribution in [3.05, 3.63) is 53.6 Å². The molecule has 0 radical (unpaired) electrons. The summed E-state index contributed by atoms with van der Waals surface area (Å²) in [5, 5.41) is 2.88. The van der Waals surface area contributed by atoms with Crippen LogP contribution < -0.4 is 20.5 Å². The van der Waals surface area contributed by atoms with Crippen molar-refractivity contribution in [3.8, 4) is 11.5 Å². The zero-order valence-corrected chi connectivity index (χ0v) is 13.5. The van der Waals surface area contributed by atoms with Gasteiger partial charge in [-0.05, 0) is 55.3 Å². The highest BCUT2D eigenvalue weighted by atomic mass is 16.5. The second kappa shape index (κ2) is 8.08. The van der Waals surface area contributed by atoms with Crippen molar-refractivity contribution in [1.82, 2.24) is 5.32 Å². The lowest BCUT2D eigenvalue weighted by Gasteiger charge is -2.09. The van der Waals surface area contributed by atoms with Crippen LogP contribution in [0.5, 0.6) is 11.5 Å². The number of aryl methyl sites for hydroxylation is 1. The van der Waals surface area contributed by atoms with Crippen LogP contribution in [0.3, 0.4) is 0 Å². The number of carbonyl (C=O) groups excluding carboxylic acids is 1. The van der Waals surface area contributed by atoms with Gasteiger partial charge in [0.05, 0.1) is 13.7 Å². The Morgan fingerprint density at radius 1 is 1.13 bits per heavy atom. The maximum Gasteiger partial charge on any atom is 0.251 e. The van der Waals surface area contributed by atoms with Crippen LogP contribution >= 0.6 is 0 Å². The molecule has 0 aliphatic rings. The third-order valence-electron chi connectivity index (χ3n) is 3.44. The van der Waals surface area contributed by atoms with E-state index in [0.29, 0.717) is 24.4 Å². The molecular weight excluding hydrogens is 292 g/mol. The van der Waals surface area contributed by atoms with E-state index in [9.17, 15) is 4.79 Å². The molecule has 2 aromatic rings. The lowest BCUT2D eigenvalue weighted by atomic mass is 10.1. The molecule has 23 heavy (non-hydrogen) atoms. The molecule has 0 saturated heterocycles. The lowest BCUT2D eigenvalue weighted by Crippen LogP contribution is -2.26. The third-order valence-corrected chi connectivity index (χ3v) is 3.44. The minimum Gasteiger partial charge on any atom is -0.497 e. The van der Waals surface area contributed by atoms with Crippen molar-refractivity contribution in [2.75, 3.05) is 26.0 Å². The Balaban J connectivity index is 1.72. The van der Waals surface area contributed by atoms with E-state index in [1.807, 2.05) is 37.3 Å². The first kappa shape index (κ1) is 16.7. The van der Waals surface area contributed by atoms with Gasteiger partial charge in [-0.1, -0.05) is 6.07 Å². The van der Waals surface area contributed by atoms with Gasteiger partial charge in [-0.25, -0.2) is 0 Å². The molecule has 0 fully saturated rings. The number of ether oxygens (including phenoxy) is 2. The molecule has 5 nitrogen and oxygen atoms in total. The normalized spacial score (nSPS) is 10.2. The van der Waals surface area contributed by atoms with Crippen LogP contribution in [0.15, 0.2) is 42.5 Å². The van der Waals surface area contributed by atoms with Crippen LogP contribution in [0, 0.1) is 6.92 Å².